The Morgan fingerprint density at radius 1 is 1.30 bits per heavy atom. The van der Waals surface area contributed by atoms with E-state index in [0.29, 0.717) is 11.9 Å². The van der Waals surface area contributed by atoms with Gasteiger partial charge in [-0.3, -0.25) is 4.98 Å². The molecule has 0 radical (unpaired) electrons. The van der Waals surface area contributed by atoms with Gasteiger partial charge in [-0.2, -0.15) is 0 Å². The molecular weight excluding hydrogens is 293 g/mol. The van der Waals surface area contributed by atoms with E-state index in [1.807, 2.05) is 12.3 Å². The zero-order valence-electron chi connectivity index (χ0n) is 13.4. The summed E-state index contributed by atoms with van der Waals surface area (Å²) in [6.45, 7) is 3.78. The van der Waals surface area contributed by atoms with Gasteiger partial charge in [0.1, 0.15) is 0 Å². The van der Waals surface area contributed by atoms with Crippen molar-refractivity contribution in [1.29, 1.82) is 0 Å². The van der Waals surface area contributed by atoms with Crippen molar-refractivity contribution in [1.82, 2.24) is 19.9 Å². The van der Waals surface area contributed by atoms with E-state index in [1.165, 1.54) is 24.4 Å². The first-order valence-corrected chi connectivity index (χ1v) is 8.00. The molecule has 6 heteroatoms. The molecule has 0 aliphatic carbocycles. The summed E-state index contributed by atoms with van der Waals surface area (Å²) in [6, 6.07) is 4.07. The highest BCUT2D eigenvalue weighted by Gasteiger charge is 2.22. The van der Waals surface area contributed by atoms with Gasteiger partial charge in [-0.15, -0.1) is 0 Å². The normalized spacial score (nSPS) is 18.4. The number of nitrogens with zero attached hydrogens (tertiary/aromatic N) is 5. The lowest BCUT2D eigenvalue weighted by Crippen LogP contribution is -2.40. The minimum atomic E-state index is -0.390. The SMILES string of the molecule is CN(Cc1cccnc1)C[C@@H]1CCCN(c2ncc(F)cn2)C1. The summed E-state index contributed by atoms with van der Waals surface area (Å²) in [5.41, 5.74) is 1.23. The van der Waals surface area contributed by atoms with Crippen molar-refractivity contribution in [2.24, 2.45) is 5.92 Å². The van der Waals surface area contributed by atoms with Crippen LogP contribution in [0.25, 0.3) is 0 Å². The van der Waals surface area contributed by atoms with E-state index in [0.717, 1.165) is 32.6 Å². The van der Waals surface area contributed by atoms with Crippen molar-refractivity contribution < 1.29 is 4.39 Å². The van der Waals surface area contributed by atoms with Crippen LogP contribution in [0.1, 0.15) is 18.4 Å². The van der Waals surface area contributed by atoms with Crippen molar-refractivity contribution in [3.05, 3.63) is 48.3 Å². The third-order valence-electron chi connectivity index (χ3n) is 4.15. The fourth-order valence-corrected chi connectivity index (χ4v) is 3.17. The Morgan fingerprint density at radius 3 is 2.87 bits per heavy atom. The van der Waals surface area contributed by atoms with E-state index < -0.39 is 5.82 Å². The number of rotatable bonds is 5. The van der Waals surface area contributed by atoms with Gasteiger partial charge < -0.3 is 9.80 Å². The second-order valence-corrected chi connectivity index (χ2v) is 6.21. The van der Waals surface area contributed by atoms with Gasteiger partial charge in [0.15, 0.2) is 5.82 Å². The highest BCUT2D eigenvalue weighted by atomic mass is 19.1. The van der Waals surface area contributed by atoms with Crippen LogP contribution in [0.2, 0.25) is 0 Å². The minimum Gasteiger partial charge on any atom is -0.341 e. The molecule has 2 aromatic heterocycles. The van der Waals surface area contributed by atoms with Crippen LogP contribution < -0.4 is 4.90 Å². The zero-order valence-corrected chi connectivity index (χ0v) is 13.4. The molecule has 1 saturated heterocycles. The molecule has 0 saturated carbocycles. The number of piperidine rings is 1. The summed E-state index contributed by atoms with van der Waals surface area (Å²) in [6.07, 6.45) is 8.50. The molecule has 1 fully saturated rings. The molecule has 0 N–H and O–H groups in total. The van der Waals surface area contributed by atoms with Gasteiger partial charge >= 0.3 is 0 Å². The van der Waals surface area contributed by atoms with Crippen LogP contribution in [-0.4, -0.2) is 46.5 Å². The lowest BCUT2D eigenvalue weighted by atomic mass is 9.97. The fourth-order valence-electron chi connectivity index (χ4n) is 3.17. The average molecular weight is 315 g/mol. The zero-order chi connectivity index (χ0) is 16.1. The molecule has 2 aromatic rings. The Bertz CT molecular complexity index is 604. The number of hydrogen-bond donors (Lipinski definition) is 0. The van der Waals surface area contributed by atoms with E-state index in [-0.39, 0.29) is 0 Å². The minimum absolute atomic E-state index is 0.390. The summed E-state index contributed by atoms with van der Waals surface area (Å²) in [5.74, 6) is 0.809. The summed E-state index contributed by atoms with van der Waals surface area (Å²) >= 11 is 0. The average Bonchev–Trinajstić information content (AvgIpc) is 2.56. The first-order valence-electron chi connectivity index (χ1n) is 8.00. The fraction of sp³-hybridized carbons (Fsp3) is 0.471. The molecule has 0 amide bonds. The van der Waals surface area contributed by atoms with Gasteiger partial charge in [0.2, 0.25) is 5.95 Å². The van der Waals surface area contributed by atoms with Crippen LogP contribution >= 0.6 is 0 Å². The lowest BCUT2D eigenvalue weighted by molar-refractivity contribution is 0.247. The third kappa shape index (κ3) is 4.45. The Hall–Kier alpha value is -2.08. The predicted octanol–water partition coefficient (Wildman–Crippen LogP) is 2.36. The number of halogens is 1. The van der Waals surface area contributed by atoms with Crippen LogP contribution in [0.15, 0.2) is 36.9 Å². The molecule has 122 valence electrons. The second-order valence-electron chi connectivity index (χ2n) is 6.21. The quantitative estimate of drug-likeness (QED) is 0.847. The Morgan fingerprint density at radius 2 is 2.13 bits per heavy atom. The molecule has 1 aliphatic rings. The second kappa shape index (κ2) is 7.46. The molecule has 0 unspecified atom stereocenters. The summed E-state index contributed by atoms with van der Waals surface area (Å²) in [4.78, 5) is 16.9. The summed E-state index contributed by atoms with van der Waals surface area (Å²) < 4.78 is 13.0. The van der Waals surface area contributed by atoms with E-state index >= 15 is 0 Å². The van der Waals surface area contributed by atoms with E-state index in [1.54, 1.807) is 6.20 Å². The van der Waals surface area contributed by atoms with E-state index in [4.69, 9.17) is 0 Å². The van der Waals surface area contributed by atoms with Crippen LogP contribution in [-0.2, 0) is 6.54 Å². The van der Waals surface area contributed by atoms with Gasteiger partial charge in [0.25, 0.3) is 0 Å². The topological polar surface area (TPSA) is 45.2 Å². The molecule has 0 bridgehead atoms. The smallest absolute Gasteiger partial charge is 0.225 e. The maximum absolute atomic E-state index is 13.0. The van der Waals surface area contributed by atoms with Crippen molar-refractivity contribution >= 4 is 5.95 Å². The summed E-state index contributed by atoms with van der Waals surface area (Å²) in [7, 11) is 2.14. The van der Waals surface area contributed by atoms with E-state index in [9.17, 15) is 4.39 Å². The molecule has 3 heterocycles. The van der Waals surface area contributed by atoms with Crippen molar-refractivity contribution in [2.45, 2.75) is 19.4 Å². The van der Waals surface area contributed by atoms with Gasteiger partial charge in [0, 0.05) is 38.6 Å². The molecule has 23 heavy (non-hydrogen) atoms. The Kier molecular flexibility index (Phi) is 5.12. The number of anilines is 1. The molecule has 3 rings (SSSR count). The molecule has 1 atom stereocenters. The Labute approximate surface area is 136 Å². The molecule has 1 aliphatic heterocycles. The third-order valence-corrected chi connectivity index (χ3v) is 4.15. The number of pyridine rings is 1. The van der Waals surface area contributed by atoms with Crippen LogP contribution in [0, 0.1) is 11.7 Å². The standard InChI is InChI=1S/C17H22FN5/c1-22(11-14-4-2-6-19-8-14)12-15-5-3-7-23(13-15)17-20-9-16(18)10-21-17/h2,4,6,8-10,15H,3,5,7,11-13H2,1H3/t15-/m0/s1. The largest absolute Gasteiger partial charge is 0.341 e. The van der Waals surface area contributed by atoms with Gasteiger partial charge in [-0.1, -0.05) is 6.07 Å². The lowest BCUT2D eigenvalue weighted by Gasteiger charge is -2.34. The van der Waals surface area contributed by atoms with Crippen LogP contribution in [0.5, 0.6) is 0 Å². The highest BCUT2D eigenvalue weighted by Crippen LogP contribution is 2.21. The molecule has 5 nitrogen and oxygen atoms in total. The van der Waals surface area contributed by atoms with Crippen molar-refractivity contribution in [3.63, 3.8) is 0 Å². The monoisotopic (exact) mass is 315 g/mol. The molecule has 0 aromatic carbocycles. The first kappa shape index (κ1) is 15.8. The predicted molar refractivity (Wildman–Crippen MR) is 87.5 cm³/mol. The number of hydrogen-bond acceptors (Lipinski definition) is 5. The maximum atomic E-state index is 13.0. The first-order chi connectivity index (χ1) is 11.2. The van der Waals surface area contributed by atoms with Crippen molar-refractivity contribution in [3.8, 4) is 0 Å². The van der Waals surface area contributed by atoms with Crippen LogP contribution in [0.4, 0.5) is 10.3 Å². The van der Waals surface area contributed by atoms with E-state index in [2.05, 4.69) is 37.9 Å². The summed E-state index contributed by atoms with van der Waals surface area (Å²) in [5, 5.41) is 0. The highest BCUT2D eigenvalue weighted by molar-refractivity contribution is 5.29. The van der Waals surface area contributed by atoms with Gasteiger partial charge in [-0.05, 0) is 37.4 Å². The Balaban J connectivity index is 1.55. The van der Waals surface area contributed by atoms with Crippen LogP contribution in [0.3, 0.4) is 0 Å². The molecule has 0 spiro atoms. The van der Waals surface area contributed by atoms with Gasteiger partial charge in [0.05, 0.1) is 12.4 Å². The number of aromatic nitrogens is 3. The maximum Gasteiger partial charge on any atom is 0.225 e. The molecular formula is C17H22FN5. The van der Waals surface area contributed by atoms with Crippen molar-refractivity contribution in [2.75, 3.05) is 31.6 Å². The van der Waals surface area contributed by atoms with Gasteiger partial charge in [-0.25, -0.2) is 14.4 Å².